The van der Waals surface area contributed by atoms with Crippen LogP contribution in [0.25, 0.3) is 0 Å². The molecule has 0 amide bonds. The van der Waals surface area contributed by atoms with Crippen LogP contribution in [-0.2, 0) is 0 Å². The molecule has 1 fully saturated rings. The number of nitrogens with one attached hydrogen (secondary N) is 1. The van der Waals surface area contributed by atoms with Gasteiger partial charge in [-0.25, -0.2) is 0 Å². The van der Waals surface area contributed by atoms with Crippen LogP contribution in [0.3, 0.4) is 0 Å². The van der Waals surface area contributed by atoms with Gasteiger partial charge in [-0.05, 0) is 44.2 Å². The SMILES string of the molecule is C=C/C=C\C(=C)C1CN1C(NC)C1CCC=C(CCC)C1. The third-order valence-corrected chi connectivity index (χ3v) is 4.69. The number of allylic oxidation sites excluding steroid dienone is 4. The molecule has 0 aromatic rings. The average Bonchev–Trinajstić information content (AvgIpc) is 3.27. The van der Waals surface area contributed by atoms with E-state index >= 15 is 0 Å². The predicted molar refractivity (Wildman–Crippen MR) is 92.2 cm³/mol. The Hall–Kier alpha value is -1.12. The van der Waals surface area contributed by atoms with Crippen molar-refractivity contribution in [3.63, 3.8) is 0 Å². The van der Waals surface area contributed by atoms with Gasteiger partial charge in [-0.3, -0.25) is 4.90 Å². The first kappa shape index (κ1) is 16.3. The third-order valence-electron chi connectivity index (χ3n) is 4.69. The Kier molecular flexibility index (Phi) is 6.01. The largest absolute Gasteiger partial charge is 0.305 e. The molecule has 0 aromatic heterocycles. The van der Waals surface area contributed by atoms with Gasteiger partial charge in [0.15, 0.2) is 0 Å². The van der Waals surface area contributed by atoms with Crippen LogP contribution in [0.4, 0.5) is 0 Å². The smallest absolute Gasteiger partial charge is 0.0633 e. The maximum atomic E-state index is 4.20. The summed E-state index contributed by atoms with van der Waals surface area (Å²) >= 11 is 0. The van der Waals surface area contributed by atoms with E-state index in [1.165, 1.54) is 37.7 Å². The number of hydrogen-bond donors (Lipinski definition) is 1. The van der Waals surface area contributed by atoms with Crippen molar-refractivity contribution in [1.29, 1.82) is 0 Å². The van der Waals surface area contributed by atoms with Crippen molar-refractivity contribution in [3.05, 3.63) is 48.6 Å². The zero-order chi connectivity index (χ0) is 15.2. The van der Waals surface area contributed by atoms with E-state index in [9.17, 15) is 0 Å². The van der Waals surface area contributed by atoms with E-state index in [2.05, 4.69) is 49.5 Å². The first-order valence-electron chi connectivity index (χ1n) is 8.30. The summed E-state index contributed by atoms with van der Waals surface area (Å²) in [5.41, 5.74) is 2.87. The second kappa shape index (κ2) is 7.77. The van der Waals surface area contributed by atoms with Crippen molar-refractivity contribution in [2.24, 2.45) is 5.92 Å². The molecule has 4 atom stereocenters. The van der Waals surface area contributed by atoms with E-state index in [1.54, 1.807) is 5.57 Å². The summed E-state index contributed by atoms with van der Waals surface area (Å²) in [6.07, 6.45) is 15.2. The van der Waals surface area contributed by atoms with E-state index in [-0.39, 0.29) is 0 Å². The lowest BCUT2D eigenvalue weighted by Gasteiger charge is -2.32. The summed E-state index contributed by atoms with van der Waals surface area (Å²) < 4.78 is 0. The summed E-state index contributed by atoms with van der Waals surface area (Å²) in [5.74, 6) is 0.739. The van der Waals surface area contributed by atoms with Crippen LogP contribution in [0.5, 0.6) is 0 Å². The monoisotopic (exact) mass is 286 g/mol. The maximum Gasteiger partial charge on any atom is 0.0633 e. The van der Waals surface area contributed by atoms with Crippen molar-refractivity contribution in [3.8, 4) is 0 Å². The van der Waals surface area contributed by atoms with Gasteiger partial charge in [-0.15, -0.1) is 0 Å². The van der Waals surface area contributed by atoms with Gasteiger partial charge in [0.2, 0.25) is 0 Å². The quantitative estimate of drug-likeness (QED) is 0.411. The van der Waals surface area contributed by atoms with Gasteiger partial charge in [0.25, 0.3) is 0 Å². The Balaban J connectivity index is 1.93. The van der Waals surface area contributed by atoms with Crippen LogP contribution in [0.15, 0.2) is 48.6 Å². The molecule has 1 N–H and O–H groups in total. The molecule has 0 radical (unpaired) electrons. The first-order chi connectivity index (χ1) is 10.2. The lowest BCUT2D eigenvalue weighted by atomic mass is 9.85. The zero-order valence-corrected chi connectivity index (χ0v) is 13.6. The Morgan fingerprint density at radius 1 is 1.57 bits per heavy atom. The molecule has 116 valence electrons. The van der Waals surface area contributed by atoms with Gasteiger partial charge in [0.05, 0.1) is 6.17 Å². The van der Waals surface area contributed by atoms with Crippen molar-refractivity contribution in [2.75, 3.05) is 13.6 Å². The molecule has 2 rings (SSSR count). The lowest BCUT2D eigenvalue weighted by Crippen LogP contribution is -2.42. The molecular weight excluding hydrogens is 256 g/mol. The molecule has 1 aliphatic carbocycles. The summed E-state index contributed by atoms with van der Waals surface area (Å²) in [6, 6.07) is 0.513. The van der Waals surface area contributed by atoms with Crippen LogP contribution in [-0.4, -0.2) is 30.7 Å². The Morgan fingerprint density at radius 2 is 2.38 bits per heavy atom. The lowest BCUT2D eigenvalue weighted by molar-refractivity contribution is 0.214. The third kappa shape index (κ3) is 4.18. The maximum absolute atomic E-state index is 4.20. The highest BCUT2D eigenvalue weighted by atomic mass is 15.4. The van der Waals surface area contributed by atoms with E-state index in [1.807, 2.05) is 12.2 Å². The minimum Gasteiger partial charge on any atom is -0.305 e. The molecule has 2 nitrogen and oxygen atoms in total. The standard InChI is InChI=1S/C19H30N2/c1-5-7-10-15(3)18-14-21(18)19(20-4)17-12-8-11-16(13-17)9-6-2/h5,7,10-11,17-20H,1,3,6,8-9,12-14H2,2,4H3/b10-7-. The molecule has 0 spiro atoms. The minimum atomic E-state index is 0.490. The van der Waals surface area contributed by atoms with Crippen LogP contribution >= 0.6 is 0 Å². The number of rotatable bonds is 8. The molecule has 1 aliphatic heterocycles. The summed E-state index contributed by atoms with van der Waals surface area (Å²) in [4.78, 5) is 2.55. The fourth-order valence-corrected chi connectivity index (χ4v) is 3.58. The van der Waals surface area contributed by atoms with Crippen molar-refractivity contribution >= 4 is 0 Å². The number of hydrogen-bond acceptors (Lipinski definition) is 2. The van der Waals surface area contributed by atoms with Gasteiger partial charge in [-0.2, -0.15) is 0 Å². The minimum absolute atomic E-state index is 0.490. The summed E-state index contributed by atoms with van der Waals surface area (Å²) in [6.45, 7) is 11.3. The zero-order valence-electron chi connectivity index (χ0n) is 13.6. The van der Waals surface area contributed by atoms with Gasteiger partial charge in [0, 0.05) is 12.6 Å². The van der Waals surface area contributed by atoms with Gasteiger partial charge in [-0.1, -0.05) is 56.4 Å². The molecule has 2 aliphatic rings. The van der Waals surface area contributed by atoms with Crippen molar-refractivity contribution < 1.29 is 0 Å². The fourth-order valence-electron chi connectivity index (χ4n) is 3.58. The van der Waals surface area contributed by atoms with Crippen molar-refractivity contribution in [1.82, 2.24) is 10.2 Å². The van der Waals surface area contributed by atoms with Crippen LogP contribution in [0.2, 0.25) is 0 Å². The molecule has 2 heteroatoms. The Bertz CT molecular complexity index is 433. The predicted octanol–water partition coefficient (Wildman–Crippen LogP) is 4.04. The Morgan fingerprint density at radius 3 is 3.05 bits per heavy atom. The molecule has 0 saturated carbocycles. The van der Waals surface area contributed by atoms with Crippen LogP contribution < -0.4 is 5.32 Å². The average molecular weight is 286 g/mol. The fraction of sp³-hybridized carbons (Fsp3) is 0.579. The Labute approximate surface area is 130 Å². The van der Waals surface area contributed by atoms with Crippen LogP contribution in [0, 0.1) is 5.92 Å². The summed E-state index contributed by atoms with van der Waals surface area (Å²) in [7, 11) is 2.10. The highest BCUT2D eigenvalue weighted by Crippen LogP contribution is 2.36. The van der Waals surface area contributed by atoms with E-state index in [0.717, 1.165) is 12.5 Å². The molecule has 0 bridgehead atoms. The van der Waals surface area contributed by atoms with E-state index in [0.29, 0.717) is 12.2 Å². The molecule has 4 unspecified atom stereocenters. The van der Waals surface area contributed by atoms with Gasteiger partial charge >= 0.3 is 0 Å². The van der Waals surface area contributed by atoms with Gasteiger partial charge in [0.1, 0.15) is 0 Å². The number of nitrogens with zero attached hydrogens (tertiary/aromatic N) is 1. The van der Waals surface area contributed by atoms with Gasteiger partial charge < -0.3 is 5.32 Å². The second-order valence-corrected chi connectivity index (χ2v) is 6.27. The summed E-state index contributed by atoms with van der Waals surface area (Å²) in [5, 5.41) is 3.55. The highest BCUT2D eigenvalue weighted by molar-refractivity contribution is 5.29. The second-order valence-electron chi connectivity index (χ2n) is 6.27. The van der Waals surface area contributed by atoms with E-state index < -0.39 is 0 Å². The molecule has 21 heavy (non-hydrogen) atoms. The first-order valence-corrected chi connectivity index (χ1v) is 8.30. The normalized spacial score (nSPS) is 30.0. The molecule has 1 saturated heterocycles. The highest BCUT2D eigenvalue weighted by Gasteiger charge is 2.43. The van der Waals surface area contributed by atoms with Crippen LogP contribution in [0.1, 0.15) is 39.0 Å². The molecule has 1 heterocycles. The molecule has 0 aromatic carbocycles. The van der Waals surface area contributed by atoms with E-state index in [4.69, 9.17) is 0 Å². The van der Waals surface area contributed by atoms with Crippen molar-refractivity contribution in [2.45, 2.75) is 51.2 Å². The topological polar surface area (TPSA) is 15.0 Å². The molecular formula is C19H30N2.